The van der Waals surface area contributed by atoms with Crippen molar-refractivity contribution in [1.29, 1.82) is 0 Å². The van der Waals surface area contributed by atoms with E-state index in [1.54, 1.807) is 0 Å². The quantitative estimate of drug-likeness (QED) is 0.782. The number of aliphatic carboxylic acids is 1. The molecule has 2 aliphatic rings. The summed E-state index contributed by atoms with van der Waals surface area (Å²) < 4.78 is 0. The lowest BCUT2D eigenvalue weighted by Crippen LogP contribution is -2.48. The first-order valence-electron chi connectivity index (χ1n) is 6.25. The minimum atomic E-state index is -0.902. The van der Waals surface area contributed by atoms with Crippen molar-refractivity contribution in [3.63, 3.8) is 0 Å². The van der Waals surface area contributed by atoms with Crippen LogP contribution in [0.15, 0.2) is 0 Å². The number of hydrogen-bond donors (Lipinski definition) is 1. The maximum atomic E-state index is 12.4. The second kappa shape index (κ2) is 4.64. The van der Waals surface area contributed by atoms with E-state index >= 15 is 0 Å². The van der Waals surface area contributed by atoms with E-state index < -0.39 is 12.0 Å². The third kappa shape index (κ3) is 2.60. The summed E-state index contributed by atoms with van der Waals surface area (Å²) in [5, 5.41) is 8.90. The van der Waals surface area contributed by atoms with Gasteiger partial charge in [-0.3, -0.25) is 14.5 Å². The molecule has 1 saturated carbocycles. The van der Waals surface area contributed by atoms with Crippen LogP contribution in [-0.4, -0.2) is 58.5 Å². The summed E-state index contributed by atoms with van der Waals surface area (Å²) in [4.78, 5) is 27.1. The molecule has 1 aliphatic heterocycles. The Labute approximate surface area is 101 Å². The molecule has 0 aromatic carbocycles. The molecule has 5 heteroatoms. The van der Waals surface area contributed by atoms with Gasteiger partial charge in [0.05, 0.1) is 12.5 Å². The van der Waals surface area contributed by atoms with Crippen molar-refractivity contribution in [2.24, 2.45) is 0 Å². The molecule has 2 atom stereocenters. The van der Waals surface area contributed by atoms with Crippen LogP contribution in [0.5, 0.6) is 0 Å². The standard InChI is InChI=1S/C12H20N2O3/c1-8-5-6-13(2)10(7-11(15)16)12(17)14(8)9-3-4-9/h8-10H,3-7H2,1-2H3,(H,15,16). The van der Waals surface area contributed by atoms with E-state index in [9.17, 15) is 9.59 Å². The average Bonchev–Trinajstić information content (AvgIpc) is 3.05. The van der Waals surface area contributed by atoms with Crippen LogP contribution in [0, 0.1) is 0 Å². The van der Waals surface area contributed by atoms with Gasteiger partial charge < -0.3 is 10.0 Å². The molecule has 0 bridgehead atoms. The van der Waals surface area contributed by atoms with Crippen LogP contribution < -0.4 is 0 Å². The SMILES string of the molecule is CC1CCN(C)C(CC(=O)O)C(=O)N1C1CC1. The van der Waals surface area contributed by atoms with Gasteiger partial charge in [-0.1, -0.05) is 0 Å². The highest BCUT2D eigenvalue weighted by atomic mass is 16.4. The minimum Gasteiger partial charge on any atom is -0.481 e. The van der Waals surface area contributed by atoms with E-state index in [1.807, 2.05) is 16.8 Å². The number of carbonyl (C=O) groups is 2. The van der Waals surface area contributed by atoms with E-state index in [2.05, 4.69) is 6.92 Å². The molecule has 96 valence electrons. The van der Waals surface area contributed by atoms with Crippen molar-refractivity contribution < 1.29 is 14.7 Å². The van der Waals surface area contributed by atoms with Gasteiger partial charge in [-0.25, -0.2) is 0 Å². The Kier molecular flexibility index (Phi) is 3.38. The van der Waals surface area contributed by atoms with E-state index in [0.717, 1.165) is 25.8 Å². The van der Waals surface area contributed by atoms with Crippen molar-refractivity contribution in [2.45, 2.75) is 50.7 Å². The predicted octanol–water partition coefficient (Wildman–Crippen LogP) is 0.545. The van der Waals surface area contributed by atoms with Gasteiger partial charge in [-0.2, -0.15) is 0 Å². The Bertz CT molecular complexity index is 328. The van der Waals surface area contributed by atoms with Crippen LogP contribution >= 0.6 is 0 Å². The first-order valence-corrected chi connectivity index (χ1v) is 6.25. The fourth-order valence-corrected chi connectivity index (χ4v) is 2.56. The second-order valence-corrected chi connectivity index (χ2v) is 5.21. The zero-order valence-electron chi connectivity index (χ0n) is 10.4. The molecular formula is C12H20N2O3. The topological polar surface area (TPSA) is 60.9 Å². The zero-order chi connectivity index (χ0) is 12.6. The summed E-state index contributed by atoms with van der Waals surface area (Å²) in [7, 11) is 1.84. The van der Waals surface area contributed by atoms with Crippen molar-refractivity contribution in [3.8, 4) is 0 Å². The highest BCUT2D eigenvalue weighted by Gasteiger charge is 2.42. The maximum Gasteiger partial charge on any atom is 0.305 e. The largest absolute Gasteiger partial charge is 0.481 e. The van der Waals surface area contributed by atoms with Crippen molar-refractivity contribution in [3.05, 3.63) is 0 Å². The number of carboxylic acid groups (broad SMARTS) is 1. The van der Waals surface area contributed by atoms with Crippen molar-refractivity contribution >= 4 is 11.9 Å². The predicted molar refractivity (Wildman–Crippen MR) is 62.6 cm³/mol. The monoisotopic (exact) mass is 240 g/mol. The Morgan fingerprint density at radius 1 is 1.41 bits per heavy atom. The fourth-order valence-electron chi connectivity index (χ4n) is 2.56. The summed E-state index contributed by atoms with van der Waals surface area (Å²) in [6.07, 6.45) is 2.97. The van der Waals surface area contributed by atoms with Gasteiger partial charge in [0.25, 0.3) is 0 Å². The van der Waals surface area contributed by atoms with Crippen LogP contribution in [0.25, 0.3) is 0 Å². The van der Waals surface area contributed by atoms with Crippen LogP contribution in [0.2, 0.25) is 0 Å². The maximum absolute atomic E-state index is 12.4. The fraction of sp³-hybridized carbons (Fsp3) is 0.833. The molecule has 0 spiro atoms. The summed E-state index contributed by atoms with van der Waals surface area (Å²) >= 11 is 0. The molecule has 0 aromatic heterocycles. The second-order valence-electron chi connectivity index (χ2n) is 5.21. The Morgan fingerprint density at radius 2 is 2.06 bits per heavy atom. The lowest BCUT2D eigenvalue weighted by Gasteiger charge is -2.30. The molecule has 17 heavy (non-hydrogen) atoms. The van der Waals surface area contributed by atoms with Gasteiger partial charge in [-0.15, -0.1) is 0 Å². The lowest BCUT2D eigenvalue weighted by atomic mass is 10.1. The Hall–Kier alpha value is -1.10. The normalized spacial score (nSPS) is 31.4. The molecule has 5 nitrogen and oxygen atoms in total. The number of amides is 1. The zero-order valence-corrected chi connectivity index (χ0v) is 10.4. The van der Waals surface area contributed by atoms with Crippen LogP contribution in [-0.2, 0) is 9.59 Å². The highest BCUT2D eigenvalue weighted by Crippen LogP contribution is 2.32. The molecule has 2 fully saturated rings. The van der Waals surface area contributed by atoms with E-state index in [1.165, 1.54) is 0 Å². The molecule has 2 unspecified atom stereocenters. The number of hydrogen-bond acceptors (Lipinski definition) is 3. The van der Waals surface area contributed by atoms with Crippen LogP contribution in [0.4, 0.5) is 0 Å². The smallest absolute Gasteiger partial charge is 0.305 e. The number of rotatable bonds is 3. The minimum absolute atomic E-state index is 0.00222. The van der Waals surface area contributed by atoms with Crippen molar-refractivity contribution in [2.75, 3.05) is 13.6 Å². The Morgan fingerprint density at radius 3 is 2.59 bits per heavy atom. The van der Waals surface area contributed by atoms with E-state index in [4.69, 9.17) is 5.11 Å². The lowest BCUT2D eigenvalue weighted by molar-refractivity contribution is -0.145. The summed E-state index contributed by atoms with van der Waals surface area (Å²) in [5.74, 6) is -0.900. The molecule has 1 saturated heterocycles. The van der Waals surface area contributed by atoms with Crippen LogP contribution in [0.3, 0.4) is 0 Å². The number of carbonyl (C=O) groups excluding carboxylic acids is 1. The third-order valence-electron chi connectivity index (χ3n) is 3.75. The first-order chi connectivity index (χ1) is 8.00. The van der Waals surface area contributed by atoms with Gasteiger partial charge in [0.15, 0.2) is 0 Å². The van der Waals surface area contributed by atoms with Crippen molar-refractivity contribution in [1.82, 2.24) is 9.80 Å². The molecule has 0 aromatic rings. The number of carboxylic acids is 1. The summed E-state index contributed by atoms with van der Waals surface area (Å²) in [6, 6.07) is 0.106. The molecule has 1 heterocycles. The van der Waals surface area contributed by atoms with E-state index in [-0.39, 0.29) is 18.4 Å². The van der Waals surface area contributed by atoms with Crippen LogP contribution in [0.1, 0.15) is 32.6 Å². The highest BCUT2D eigenvalue weighted by molar-refractivity contribution is 5.87. The first kappa shape index (κ1) is 12.4. The molecule has 1 N–H and O–H groups in total. The summed E-state index contributed by atoms with van der Waals surface area (Å²) in [6.45, 7) is 2.85. The summed E-state index contributed by atoms with van der Waals surface area (Å²) in [5.41, 5.74) is 0. The molecule has 2 rings (SSSR count). The molecule has 1 amide bonds. The van der Waals surface area contributed by atoms with Gasteiger partial charge in [0.1, 0.15) is 0 Å². The molecular weight excluding hydrogens is 220 g/mol. The third-order valence-corrected chi connectivity index (χ3v) is 3.75. The Balaban J connectivity index is 2.17. The van der Waals surface area contributed by atoms with Gasteiger partial charge >= 0.3 is 5.97 Å². The average molecular weight is 240 g/mol. The van der Waals surface area contributed by atoms with Gasteiger partial charge in [0.2, 0.25) is 5.91 Å². The van der Waals surface area contributed by atoms with Gasteiger partial charge in [-0.05, 0) is 33.2 Å². The van der Waals surface area contributed by atoms with Gasteiger partial charge in [0, 0.05) is 18.6 Å². The molecule has 0 radical (unpaired) electrons. The number of nitrogens with zero attached hydrogens (tertiary/aromatic N) is 2. The molecule has 1 aliphatic carbocycles. The van der Waals surface area contributed by atoms with E-state index in [0.29, 0.717) is 6.04 Å². The number of likely N-dealkylation sites (N-methyl/N-ethyl adjacent to an activating group) is 1.